The molecule has 12 heteroatoms. The average Bonchev–Trinajstić information content (AvgIpc) is 2.65. The number of hydrogen-bond acceptors (Lipinski definition) is 6. The predicted octanol–water partition coefficient (Wildman–Crippen LogP) is 4.42. The Balaban J connectivity index is 1.98. The Morgan fingerprint density at radius 3 is 2.66 bits per heavy atom. The maximum atomic E-state index is 13.2. The van der Waals surface area contributed by atoms with Crippen LogP contribution < -0.4 is 10.6 Å². The molecule has 0 unspecified atom stereocenters. The standard InChI is InChI=1S/C17H12BrF3N6O2/c18-13-3-1-2-9(24-13)7-23-12-8-22-5-4-10(12)11-6-14(27-16(28)29)26-15(25-11)17(19,20)21/h1-6,8,23H,7H2,(H,28,29)(H,25,26,27). The van der Waals surface area contributed by atoms with Crippen LogP contribution in [0.4, 0.5) is 29.5 Å². The molecule has 3 N–H and O–H groups in total. The van der Waals surface area contributed by atoms with Crippen LogP contribution in [0.15, 0.2) is 47.3 Å². The van der Waals surface area contributed by atoms with Crippen LogP contribution in [0.1, 0.15) is 11.5 Å². The Bertz CT molecular complexity index is 1050. The zero-order valence-corrected chi connectivity index (χ0v) is 16.0. The zero-order valence-electron chi connectivity index (χ0n) is 14.4. The quantitative estimate of drug-likeness (QED) is 0.475. The summed E-state index contributed by atoms with van der Waals surface area (Å²) in [6.07, 6.45) is -3.59. The van der Waals surface area contributed by atoms with Crippen molar-refractivity contribution in [1.29, 1.82) is 0 Å². The minimum atomic E-state index is -4.86. The molecule has 0 saturated carbocycles. The van der Waals surface area contributed by atoms with Crippen molar-refractivity contribution >= 4 is 33.5 Å². The van der Waals surface area contributed by atoms with Crippen LogP contribution in [-0.4, -0.2) is 31.1 Å². The molecule has 29 heavy (non-hydrogen) atoms. The molecule has 0 aliphatic carbocycles. The highest BCUT2D eigenvalue weighted by Gasteiger charge is 2.35. The molecule has 0 bridgehead atoms. The van der Waals surface area contributed by atoms with E-state index in [1.54, 1.807) is 18.2 Å². The summed E-state index contributed by atoms with van der Waals surface area (Å²) in [5.74, 6) is -1.96. The molecule has 0 aliphatic rings. The third-order valence-corrected chi connectivity index (χ3v) is 3.99. The summed E-state index contributed by atoms with van der Waals surface area (Å²) < 4.78 is 40.1. The summed E-state index contributed by atoms with van der Waals surface area (Å²) in [5, 5.41) is 13.7. The number of anilines is 2. The van der Waals surface area contributed by atoms with Crippen LogP contribution in [0.2, 0.25) is 0 Å². The lowest BCUT2D eigenvalue weighted by molar-refractivity contribution is -0.144. The molecule has 0 aliphatic heterocycles. The van der Waals surface area contributed by atoms with Gasteiger partial charge in [0.15, 0.2) is 0 Å². The number of nitrogens with zero attached hydrogens (tertiary/aromatic N) is 4. The van der Waals surface area contributed by atoms with Crippen molar-refractivity contribution in [2.75, 3.05) is 10.6 Å². The molecule has 0 spiro atoms. The van der Waals surface area contributed by atoms with Gasteiger partial charge in [-0.05, 0) is 34.1 Å². The highest BCUT2D eigenvalue weighted by Crippen LogP contribution is 2.32. The number of carboxylic acid groups (broad SMARTS) is 1. The summed E-state index contributed by atoms with van der Waals surface area (Å²) in [6, 6.07) is 7.90. The van der Waals surface area contributed by atoms with Gasteiger partial charge in [0, 0.05) is 17.8 Å². The molecule has 3 aromatic rings. The van der Waals surface area contributed by atoms with Crippen molar-refractivity contribution in [3.8, 4) is 11.3 Å². The lowest BCUT2D eigenvalue weighted by Gasteiger charge is -2.14. The second kappa shape index (κ2) is 8.39. The number of amides is 1. The van der Waals surface area contributed by atoms with Crippen LogP contribution in [0, 0.1) is 0 Å². The molecule has 0 radical (unpaired) electrons. The molecule has 0 fully saturated rings. The lowest BCUT2D eigenvalue weighted by Crippen LogP contribution is -2.16. The minimum absolute atomic E-state index is 0.122. The van der Waals surface area contributed by atoms with E-state index in [9.17, 15) is 18.0 Å². The van der Waals surface area contributed by atoms with E-state index in [-0.39, 0.29) is 17.8 Å². The molecule has 0 atom stereocenters. The van der Waals surface area contributed by atoms with Crippen LogP contribution in [0.5, 0.6) is 0 Å². The van der Waals surface area contributed by atoms with E-state index in [4.69, 9.17) is 5.11 Å². The number of hydrogen-bond donors (Lipinski definition) is 3. The first kappa shape index (κ1) is 20.5. The van der Waals surface area contributed by atoms with Gasteiger partial charge in [-0.3, -0.25) is 10.3 Å². The number of alkyl halides is 3. The third kappa shape index (κ3) is 5.38. The van der Waals surface area contributed by atoms with Gasteiger partial charge in [0.2, 0.25) is 5.82 Å². The zero-order chi connectivity index (χ0) is 21.0. The fourth-order valence-electron chi connectivity index (χ4n) is 2.38. The largest absolute Gasteiger partial charge is 0.465 e. The Morgan fingerprint density at radius 2 is 1.97 bits per heavy atom. The molecular weight excluding hydrogens is 457 g/mol. The van der Waals surface area contributed by atoms with Crippen LogP contribution in [0.25, 0.3) is 11.3 Å². The number of carbonyl (C=O) groups is 1. The van der Waals surface area contributed by atoms with Gasteiger partial charge >= 0.3 is 12.3 Å². The number of nitrogens with one attached hydrogen (secondary N) is 2. The van der Waals surface area contributed by atoms with Gasteiger partial charge in [-0.1, -0.05) is 6.07 Å². The van der Waals surface area contributed by atoms with Crippen molar-refractivity contribution in [1.82, 2.24) is 19.9 Å². The number of pyridine rings is 2. The minimum Gasteiger partial charge on any atom is -0.465 e. The lowest BCUT2D eigenvalue weighted by atomic mass is 10.1. The molecular formula is C17H12BrF3N6O2. The van der Waals surface area contributed by atoms with E-state index in [2.05, 4.69) is 41.2 Å². The Hall–Kier alpha value is -3.28. The van der Waals surface area contributed by atoms with Gasteiger partial charge in [-0.25, -0.2) is 19.7 Å². The van der Waals surface area contributed by atoms with Gasteiger partial charge in [-0.15, -0.1) is 0 Å². The summed E-state index contributed by atoms with van der Waals surface area (Å²) in [7, 11) is 0. The van der Waals surface area contributed by atoms with E-state index in [1.807, 2.05) is 5.32 Å². The molecule has 150 valence electrons. The molecule has 8 nitrogen and oxygen atoms in total. The first-order valence-corrected chi connectivity index (χ1v) is 8.77. The maximum absolute atomic E-state index is 13.2. The highest BCUT2D eigenvalue weighted by molar-refractivity contribution is 9.10. The molecule has 3 aromatic heterocycles. The van der Waals surface area contributed by atoms with E-state index >= 15 is 0 Å². The van der Waals surface area contributed by atoms with Crippen LogP contribution >= 0.6 is 15.9 Å². The summed E-state index contributed by atoms with van der Waals surface area (Å²) >= 11 is 3.26. The molecule has 0 aromatic carbocycles. The monoisotopic (exact) mass is 468 g/mol. The Kier molecular flexibility index (Phi) is 5.92. The van der Waals surface area contributed by atoms with Gasteiger partial charge in [0.1, 0.15) is 10.4 Å². The van der Waals surface area contributed by atoms with Crippen molar-refractivity contribution in [3.63, 3.8) is 0 Å². The summed E-state index contributed by atoms with van der Waals surface area (Å²) in [6.45, 7) is 0.273. The second-order valence-electron chi connectivity index (χ2n) is 5.62. The first-order valence-electron chi connectivity index (χ1n) is 7.98. The van der Waals surface area contributed by atoms with E-state index in [0.717, 1.165) is 6.07 Å². The molecule has 0 saturated heterocycles. The van der Waals surface area contributed by atoms with Gasteiger partial charge in [-0.2, -0.15) is 13.2 Å². The predicted molar refractivity (Wildman–Crippen MR) is 101 cm³/mol. The first-order chi connectivity index (χ1) is 13.7. The van der Waals surface area contributed by atoms with Gasteiger partial charge < -0.3 is 10.4 Å². The molecule has 1 amide bonds. The maximum Gasteiger partial charge on any atom is 0.451 e. The second-order valence-corrected chi connectivity index (χ2v) is 6.43. The van der Waals surface area contributed by atoms with Gasteiger partial charge in [0.25, 0.3) is 0 Å². The van der Waals surface area contributed by atoms with E-state index in [1.165, 1.54) is 18.5 Å². The van der Waals surface area contributed by atoms with Crippen molar-refractivity contribution in [2.24, 2.45) is 0 Å². The third-order valence-electron chi connectivity index (χ3n) is 3.54. The molecule has 3 heterocycles. The fraction of sp³-hybridized carbons (Fsp3) is 0.118. The Morgan fingerprint density at radius 1 is 1.17 bits per heavy atom. The summed E-state index contributed by atoms with van der Waals surface area (Å²) in [4.78, 5) is 25.9. The number of aromatic nitrogens is 4. The van der Waals surface area contributed by atoms with Crippen LogP contribution in [0.3, 0.4) is 0 Å². The normalized spacial score (nSPS) is 11.2. The van der Waals surface area contributed by atoms with Crippen molar-refractivity contribution in [3.05, 3.63) is 58.8 Å². The van der Waals surface area contributed by atoms with Crippen molar-refractivity contribution < 1.29 is 23.1 Å². The Labute approximate surface area is 170 Å². The SMILES string of the molecule is O=C(O)Nc1cc(-c2ccncc2NCc2cccc(Br)n2)nc(C(F)(F)F)n1. The van der Waals surface area contributed by atoms with E-state index < -0.39 is 23.9 Å². The van der Waals surface area contributed by atoms with Crippen molar-refractivity contribution in [2.45, 2.75) is 12.7 Å². The average molecular weight is 469 g/mol. The van der Waals surface area contributed by atoms with E-state index in [0.29, 0.717) is 16.0 Å². The summed E-state index contributed by atoms with van der Waals surface area (Å²) in [5.41, 5.74) is 1.24. The van der Waals surface area contributed by atoms with Gasteiger partial charge in [0.05, 0.1) is 29.8 Å². The fourth-order valence-corrected chi connectivity index (χ4v) is 2.76. The molecule has 3 rings (SSSR count). The van der Waals surface area contributed by atoms with Crippen LogP contribution in [-0.2, 0) is 12.7 Å². The number of rotatable bonds is 5. The number of halogens is 4. The smallest absolute Gasteiger partial charge is 0.451 e. The topological polar surface area (TPSA) is 113 Å². The highest BCUT2D eigenvalue weighted by atomic mass is 79.9.